The molecule has 1 fully saturated rings. The van der Waals surface area contributed by atoms with Crippen LogP contribution in [-0.4, -0.2) is 40.7 Å². The Morgan fingerprint density at radius 1 is 1.37 bits per heavy atom. The van der Waals surface area contributed by atoms with E-state index in [2.05, 4.69) is 17.3 Å². The van der Waals surface area contributed by atoms with Crippen LogP contribution in [0, 0.1) is 0 Å². The van der Waals surface area contributed by atoms with Gasteiger partial charge in [-0.15, -0.1) is 0 Å². The summed E-state index contributed by atoms with van der Waals surface area (Å²) in [5, 5.41) is 17.7. The van der Waals surface area contributed by atoms with Gasteiger partial charge < -0.3 is 32.4 Å². The fraction of sp³-hybridized carbons (Fsp3) is 0.316. The van der Waals surface area contributed by atoms with Crippen molar-refractivity contribution in [3.05, 3.63) is 59.7 Å². The van der Waals surface area contributed by atoms with Gasteiger partial charge in [-0.3, -0.25) is 4.68 Å². The van der Waals surface area contributed by atoms with E-state index in [0.29, 0.717) is 23.4 Å². The second-order valence-corrected chi connectivity index (χ2v) is 6.55. The number of phenols is 1. The first-order valence-corrected chi connectivity index (χ1v) is 8.85. The Morgan fingerprint density at radius 2 is 2.15 bits per heavy atom. The normalized spacial score (nSPS) is 18.9. The monoisotopic (exact) mass is 370 g/mol. The van der Waals surface area contributed by atoms with Crippen molar-refractivity contribution >= 4 is 11.3 Å². The lowest BCUT2D eigenvalue weighted by Crippen LogP contribution is -2.42. The van der Waals surface area contributed by atoms with E-state index < -0.39 is 0 Å². The number of allylic oxidation sites excluding steroid dienone is 2. The van der Waals surface area contributed by atoms with Gasteiger partial charge in [-0.1, -0.05) is 12.1 Å². The molecule has 0 aliphatic carbocycles. The Bertz CT molecular complexity index is 847. The van der Waals surface area contributed by atoms with E-state index >= 15 is 0 Å². The molecule has 2 heterocycles. The molecule has 1 aliphatic rings. The molecule has 0 radical (unpaired) electrons. The molecule has 8 N–H and O–H groups in total. The Morgan fingerprint density at radius 3 is 2.81 bits per heavy atom. The van der Waals surface area contributed by atoms with Crippen LogP contribution in [0.15, 0.2) is 48.6 Å². The summed E-state index contributed by atoms with van der Waals surface area (Å²) >= 11 is 0. The highest BCUT2D eigenvalue weighted by Crippen LogP contribution is 2.26. The molecule has 3 rings (SSSR count). The molecule has 0 amide bonds. The first kappa shape index (κ1) is 18.8. The molecule has 1 saturated heterocycles. The molecular weight excluding hydrogens is 344 g/mol. The van der Waals surface area contributed by atoms with Gasteiger partial charge in [-0.25, -0.2) is 0 Å². The van der Waals surface area contributed by atoms with Gasteiger partial charge in [0.2, 0.25) is 0 Å². The highest BCUT2D eigenvalue weighted by molar-refractivity contribution is 5.84. The number of para-hydroxylation sites is 1. The quantitative estimate of drug-likeness (QED) is 0.489. The minimum Gasteiger partial charge on any atom is -0.507 e. The maximum absolute atomic E-state index is 9.99. The van der Waals surface area contributed by atoms with Crippen molar-refractivity contribution in [1.29, 1.82) is 0 Å². The topological polar surface area (TPSA) is 137 Å². The molecule has 2 aromatic rings. The first-order valence-electron chi connectivity index (χ1n) is 8.85. The number of nitrogens with two attached hydrogens (primary N) is 3. The number of morpholine rings is 1. The summed E-state index contributed by atoms with van der Waals surface area (Å²) in [7, 11) is 0. The van der Waals surface area contributed by atoms with Crippen LogP contribution in [0.25, 0.3) is 11.3 Å². The van der Waals surface area contributed by atoms with Crippen molar-refractivity contribution in [2.45, 2.75) is 19.1 Å². The number of phenolic OH excluding ortho intramolecular Hbond substituents is 1. The van der Waals surface area contributed by atoms with Gasteiger partial charge in [0.25, 0.3) is 0 Å². The van der Waals surface area contributed by atoms with Crippen LogP contribution in [0.5, 0.6) is 5.75 Å². The predicted octanol–water partition coefficient (Wildman–Crippen LogP) is 0.724. The van der Waals surface area contributed by atoms with Crippen LogP contribution in [0.4, 0.5) is 0 Å². The average Bonchev–Trinajstić information content (AvgIpc) is 3.16. The second kappa shape index (κ2) is 8.15. The van der Waals surface area contributed by atoms with Crippen molar-refractivity contribution in [3.8, 4) is 5.75 Å². The molecule has 0 saturated carbocycles. The van der Waals surface area contributed by atoms with E-state index in [0.717, 1.165) is 18.7 Å². The zero-order valence-electron chi connectivity index (χ0n) is 15.3. The second-order valence-electron chi connectivity index (χ2n) is 6.55. The van der Waals surface area contributed by atoms with Crippen molar-refractivity contribution in [2.24, 2.45) is 17.2 Å². The molecule has 1 aromatic carbocycles. The summed E-state index contributed by atoms with van der Waals surface area (Å²) in [6.45, 7) is 4.37. The maximum atomic E-state index is 9.99. The third kappa shape index (κ3) is 4.24. The Labute approximate surface area is 158 Å². The third-order valence-corrected chi connectivity index (χ3v) is 4.65. The van der Waals surface area contributed by atoms with Crippen LogP contribution < -0.4 is 22.5 Å². The predicted molar refractivity (Wildman–Crippen MR) is 105 cm³/mol. The summed E-state index contributed by atoms with van der Waals surface area (Å²) in [5.74, 6) is 0.212. The van der Waals surface area contributed by atoms with Crippen molar-refractivity contribution in [2.75, 3.05) is 19.7 Å². The number of benzene rings is 1. The van der Waals surface area contributed by atoms with E-state index in [-0.39, 0.29) is 23.7 Å². The molecule has 1 aliphatic heterocycles. The highest BCUT2D eigenvalue weighted by Gasteiger charge is 2.23. The first-order chi connectivity index (χ1) is 13.0. The fourth-order valence-electron chi connectivity index (χ4n) is 3.05. The molecule has 8 heteroatoms. The van der Waals surface area contributed by atoms with Crippen molar-refractivity contribution in [3.63, 3.8) is 0 Å². The van der Waals surface area contributed by atoms with Gasteiger partial charge in [0, 0.05) is 41.7 Å². The fourth-order valence-corrected chi connectivity index (χ4v) is 3.05. The minimum absolute atomic E-state index is 0.0380. The van der Waals surface area contributed by atoms with Gasteiger partial charge in [-0.2, -0.15) is 5.10 Å². The van der Waals surface area contributed by atoms with Gasteiger partial charge >= 0.3 is 0 Å². The van der Waals surface area contributed by atoms with Crippen LogP contribution in [0.3, 0.4) is 0 Å². The lowest BCUT2D eigenvalue weighted by Gasteiger charge is -2.28. The molecule has 144 valence electrons. The smallest absolute Gasteiger partial charge is 0.124 e. The van der Waals surface area contributed by atoms with E-state index in [1.165, 1.54) is 0 Å². The van der Waals surface area contributed by atoms with Gasteiger partial charge in [0.15, 0.2) is 0 Å². The Balaban J connectivity index is 1.87. The minimum atomic E-state index is 0.0380. The molecule has 2 atom stereocenters. The van der Waals surface area contributed by atoms with Gasteiger partial charge in [0.05, 0.1) is 24.9 Å². The third-order valence-electron chi connectivity index (χ3n) is 4.65. The largest absolute Gasteiger partial charge is 0.507 e. The number of aromatic hydroxyl groups is 1. The summed E-state index contributed by atoms with van der Waals surface area (Å²) < 4.78 is 7.64. The molecule has 1 aromatic heterocycles. The summed E-state index contributed by atoms with van der Waals surface area (Å²) in [6, 6.07) is 6.87. The lowest BCUT2D eigenvalue weighted by atomic mass is 10.0. The summed E-state index contributed by atoms with van der Waals surface area (Å²) in [6.07, 6.45) is 5.24. The summed E-state index contributed by atoms with van der Waals surface area (Å²) in [4.78, 5) is 0. The lowest BCUT2D eigenvalue weighted by molar-refractivity contribution is -0.00320. The number of ether oxygens (including phenoxy) is 1. The number of rotatable bonds is 5. The zero-order chi connectivity index (χ0) is 19.4. The van der Waals surface area contributed by atoms with Gasteiger partial charge in [0.1, 0.15) is 11.6 Å². The van der Waals surface area contributed by atoms with E-state index in [1.54, 1.807) is 36.5 Å². The number of aromatic nitrogens is 2. The number of hydrogen-bond acceptors (Lipinski definition) is 7. The average molecular weight is 370 g/mol. The number of nitrogens with zero attached hydrogens (tertiary/aromatic N) is 2. The van der Waals surface area contributed by atoms with Crippen LogP contribution in [0.1, 0.15) is 24.1 Å². The van der Waals surface area contributed by atoms with Crippen molar-refractivity contribution in [1.82, 2.24) is 15.1 Å². The van der Waals surface area contributed by atoms with Crippen molar-refractivity contribution < 1.29 is 9.84 Å². The van der Waals surface area contributed by atoms with Crippen LogP contribution in [0.2, 0.25) is 0 Å². The van der Waals surface area contributed by atoms with E-state index in [4.69, 9.17) is 21.9 Å². The Hall–Kier alpha value is -2.97. The highest BCUT2D eigenvalue weighted by atomic mass is 16.5. The van der Waals surface area contributed by atoms with E-state index in [9.17, 15) is 5.11 Å². The van der Waals surface area contributed by atoms with Gasteiger partial charge in [-0.05, 0) is 25.1 Å². The Kier molecular flexibility index (Phi) is 5.68. The van der Waals surface area contributed by atoms with E-state index in [1.807, 2.05) is 10.9 Å². The molecule has 0 spiro atoms. The number of nitrogens with one attached hydrogen (secondary N) is 1. The van der Waals surface area contributed by atoms with Crippen LogP contribution in [-0.2, 0) is 4.74 Å². The molecule has 0 bridgehead atoms. The van der Waals surface area contributed by atoms with Crippen LogP contribution >= 0.6 is 0 Å². The maximum Gasteiger partial charge on any atom is 0.124 e. The summed E-state index contributed by atoms with van der Waals surface area (Å²) in [5.41, 5.74) is 20.1. The standard InChI is InChI=1S/C19H26N6O2/c1-12(18-10-23-6-7-27-18)25-11-13(9-24-25)15(19(21)22)8-16(20)14-4-2-3-5-17(14)26/h2-5,8-9,11-12,18,23,26H,6-7,10,20-22H2,1H3/b16-8-. The molecular formula is C19H26N6O2. The molecule has 2 unspecified atom stereocenters. The number of hydrogen-bond donors (Lipinski definition) is 5. The SMILES string of the molecule is CC(C1CNCCO1)n1cc(C(/C=C(\N)c2ccccc2O)=C(N)N)cn1. The molecule has 8 nitrogen and oxygen atoms in total. The zero-order valence-corrected chi connectivity index (χ0v) is 15.3. The molecule has 27 heavy (non-hydrogen) atoms.